The van der Waals surface area contributed by atoms with Gasteiger partial charge in [-0.2, -0.15) is 4.31 Å². The van der Waals surface area contributed by atoms with E-state index in [9.17, 15) is 57.9 Å². The van der Waals surface area contributed by atoms with Gasteiger partial charge in [-0.3, -0.25) is 32.5 Å². The van der Waals surface area contributed by atoms with E-state index in [-0.39, 0.29) is 41.6 Å². The highest BCUT2D eigenvalue weighted by molar-refractivity contribution is 8.13. The molecule has 7 atom stereocenters. The SMILES string of the molecule is CCCCCC/C=C/CC(=O)SCCNC(=O)CCNC(=O)C(O)C(C)(C)COP(=O)(O)OP(=O)(O)OCC1OC(n2cnc3c(N)ncnc32)C(O)C1OP(=O)(O)O. The minimum atomic E-state index is -5.57. The number of ether oxygens (including phenoxy) is 1. The molecule has 0 aliphatic carbocycles. The molecule has 24 nitrogen and oxygen atoms in total. The number of phosphoric ester groups is 3. The fourth-order valence-electron chi connectivity index (χ4n) is 5.34. The molecule has 0 radical (unpaired) electrons. The Bertz CT molecular complexity index is 1900. The predicted octanol–water partition coefficient (Wildman–Crippen LogP) is 1.58. The number of unbranched alkanes of at least 4 members (excludes halogenated alkanes) is 4. The largest absolute Gasteiger partial charge is 0.481 e. The third-order valence-corrected chi connectivity index (χ3v) is 12.4. The Balaban J connectivity index is 1.43. The molecule has 0 aromatic carbocycles. The van der Waals surface area contributed by atoms with Crippen LogP contribution in [0, 0.1) is 5.41 Å². The van der Waals surface area contributed by atoms with Gasteiger partial charge in [0.25, 0.3) is 0 Å². The number of aliphatic hydroxyl groups is 2. The number of nitrogens with one attached hydrogen (secondary N) is 2. The number of allylic oxidation sites excluding steroid dienone is 2. The number of carbonyl (C=O) groups excluding carboxylic acids is 3. The number of hydrogen-bond donors (Lipinski definition) is 9. The van der Waals surface area contributed by atoms with E-state index in [1.165, 1.54) is 20.3 Å². The minimum Gasteiger partial charge on any atom is -0.386 e. The molecule has 2 aromatic heterocycles. The molecule has 59 heavy (non-hydrogen) atoms. The lowest BCUT2D eigenvalue weighted by Crippen LogP contribution is -2.46. The molecule has 10 N–H and O–H groups in total. The predicted molar refractivity (Wildman–Crippen MR) is 210 cm³/mol. The van der Waals surface area contributed by atoms with Gasteiger partial charge in [-0.1, -0.05) is 63.9 Å². The fraction of sp³-hybridized carbons (Fsp3) is 0.677. The van der Waals surface area contributed by atoms with Crippen LogP contribution in [0.15, 0.2) is 24.8 Å². The van der Waals surface area contributed by atoms with Crippen LogP contribution in [0.2, 0.25) is 0 Å². The molecule has 0 saturated carbocycles. The van der Waals surface area contributed by atoms with Gasteiger partial charge in [0.2, 0.25) is 11.8 Å². The van der Waals surface area contributed by atoms with Crippen molar-refractivity contribution in [2.75, 3.05) is 37.8 Å². The van der Waals surface area contributed by atoms with Gasteiger partial charge < -0.3 is 50.9 Å². The van der Waals surface area contributed by atoms with Gasteiger partial charge in [0.15, 0.2) is 22.8 Å². The molecule has 7 unspecified atom stereocenters. The molecule has 3 heterocycles. The number of aromatic nitrogens is 4. The average Bonchev–Trinajstić information content (AvgIpc) is 3.71. The van der Waals surface area contributed by atoms with Crippen molar-refractivity contribution in [2.45, 2.75) is 96.4 Å². The van der Waals surface area contributed by atoms with E-state index in [0.717, 1.165) is 54.7 Å². The molecular formula is C31H52N7O17P3S. The minimum absolute atomic E-state index is 0.0269. The van der Waals surface area contributed by atoms with Crippen LogP contribution in [0.4, 0.5) is 5.82 Å². The number of amides is 2. The molecular weight excluding hydrogens is 867 g/mol. The Morgan fingerprint density at radius 2 is 1.75 bits per heavy atom. The third kappa shape index (κ3) is 16.9. The van der Waals surface area contributed by atoms with E-state index >= 15 is 0 Å². The first kappa shape index (κ1) is 50.7. The Labute approximate surface area is 343 Å². The lowest BCUT2D eigenvalue weighted by molar-refractivity contribution is -0.137. The Kier molecular flexibility index (Phi) is 19.7. The fourth-order valence-corrected chi connectivity index (χ4v) is 8.82. The first-order chi connectivity index (χ1) is 27.6. The lowest BCUT2D eigenvalue weighted by atomic mass is 9.87. The number of aliphatic hydroxyl groups excluding tert-OH is 2. The summed E-state index contributed by atoms with van der Waals surface area (Å²) in [7, 11) is -16.4. The number of hydrogen-bond acceptors (Lipinski definition) is 18. The zero-order chi connectivity index (χ0) is 44.0. The van der Waals surface area contributed by atoms with Crippen LogP contribution in [-0.2, 0) is 50.7 Å². The van der Waals surface area contributed by atoms with Gasteiger partial charge in [-0.25, -0.2) is 28.6 Å². The summed E-state index contributed by atoms with van der Waals surface area (Å²) in [5.41, 5.74) is 4.27. The second-order valence-electron chi connectivity index (χ2n) is 13.8. The number of nitrogens with zero attached hydrogens (tertiary/aromatic N) is 4. The maximum absolute atomic E-state index is 12.7. The number of phosphoric acid groups is 3. The lowest BCUT2D eigenvalue weighted by Gasteiger charge is -2.30. The second-order valence-corrected chi connectivity index (χ2v) is 19.2. The molecule has 2 aromatic rings. The van der Waals surface area contributed by atoms with Gasteiger partial charge in [-0.05, 0) is 12.8 Å². The Hall–Kier alpha value is -2.70. The quantitative estimate of drug-likeness (QED) is 0.0367. The Morgan fingerprint density at radius 3 is 2.44 bits per heavy atom. The number of imidazole rings is 1. The van der Waals surface area contributed by atoms with Crippen molar-refractivity contribution in [1.29, 1.82) is 0 Å². The van der Waals surface area contributed by atoms with Crippen LogP contribution in [0.5, 0.6) is 0 Å². The summed E-state index contributed by atoms with van der Waals surface area (Å²) in [5.74, 6) is -1.08. The van der Waals surface area contributed by atoms with Crippen LogP contribution < -0.4 is 16.4 Å². The highest BCUT2D eigenvalue weighted by Gasteiger charge is 2.50. The highest BCUT2D eigenvalue weighted by Crippen LogP contribution is 2.61. The third-order valence-electron chi connectivity index (χ3n) is 8.44. The summed E-state index contributed by atoms with van der Waals surface area (Å²) >= 11 is 1.09. The van der Waals surface area contributed by atoms with Gasteiger partial charge in [-0.15, -0.1) is 0 Å². The summed E-state index contributed by atoms with van der Waals surface area (Å²) in [6, 6.07) is 0. The molecule has 28 heteroatoms. The number of carbonyl (C=O) groups is 3. The number of fused-ring (bicyclic) bond motifs is 1. The Morgan fingerprint density at radius 1 is 1.03 bits per heavy atom. The van der Waals surface area contributed by atoms with Crippen molar-refractivity contribution in [3.63, 3.8) is 0 Å². The van der Waals surface area contributed by atoms with Crippen molar-refractivity contribution in [3.8, 4) is 0 Å². The molecule has 0 bridgehead atoms. The van der Waals surface area contributed by atoms with Crippen LogP contribution in [-0.4, -0.2) is 123 Å². The van der Waals surface area contributed by atoms with Crippen molar-refractivity contribution in [1.82, 2.24) is 30.2 Å². The zero-order valence-corrected chi connectivity index (χ0v) is 36.0. The first-order valence-electron chi connectivity index (χ1n) is 18.3. The zero-order valence-electron chi connectivity index (χ0n) is 32.5. The van der Waals surface area contributed by atoms with E-state index in [1.807, 2.05) is 12.2 Å². The maximum Gasteiger partial charge on any atom is 0.481 e. The van der Waals surface area contributed by atoms with Gasteiger partial charge in [0.05, 0.1) is 19.5 Å². The average molecular weight is 920 g/mol. The molecule has 1 fully saturated rings. The number of rotatable bonds is 26. The summed E-state index contributed by atoms with van der Waals surface area (Å²) in [6.07, 6.45) is 2.76. The molecule has 1 saturated heterocycles. The highest BCUT2D eigenvalue weighted by atomic mass is 32.2. The topological polar surface area (TPSA) is 364 Å². The van der Waals surface area contributed by atoms with E-state index in [2.05, 4.69) is 41.3 Å². The molecule has 0 spiro atoms. The van der Waals surface area contributed by atoms with Gasteiger partial charge >= 0.3 is 23.5 Å². The summed E-state index contributed by atoms with van der Waals surface area (Å²) < 4.78 is 62.2. The molecule has 334 valence electrons. The number of nitrogen functional groups attached to an aromatic ring is 1. The van der Waals surface area contributed by atoms with Crippen molar-refractivity contribution < 1.29 is 80.5 Å². The van der Waals surface area contributed by atoms with E-state index in [0.29, 0.717) is 12.2 Å². The standard InChI is InChI=1S/C31H52N7O17P3S/c1-4-5-6-7-8-9-10-11-22(40)59-15-14-33-21(39)12-13-34-29(43)26(42)31(2,3)17-52-58(49,50)55-57(47,48)51-16-20-25(54-56(44,45)46)24(41)30(53-20)38-19-37-23-27(32)35-18-36-28(23)38/h9-10,18-20,24-26,30,41-42H,4-8,11-17H2,1-3H3,(H,33,39)(H,34,43)(H,47,48)(H,49,50)(H2,32,35,36)(H2,44,45,46)/b10-9+. The number of thioether (sulfide) groups is 1. The number of anilines is 1. The number of nitrogens with two attached hydrogens (primary N) is 1. The van der Waals surface area contributed by atoms with Crippen molar-refractivity contribution in [2.24, 2.45) is 5.41 Å². The first-order valence-corrected chi connectivity index (χ1v) is 23.8. The maximum atomic E-state index is 12.7. The van der Waals surface area contributed by atoms with E-state index < -0.39 is 84.6 Å². The summed E-state index contributed by atoms with van der Waals surface area (Å²) in [6.45, 7) is 2.66. The van der Waals surface area contributed by atoms with Crippen LogP contribution >= 0.6 is 35.2 Å². The normalized spacial score (nSPS) is 21.3. The van der Waals surface area contributed by atoms with E-state index in [1.54, 1.807) is 0 Å². The van der Waals surface area contributed by atoms with Crippen LogP contribution in [0.3, 0.4) is 0 Å². The molecule has 1 aliphatic heterocycles. The summed E-state index contributed by atoms with van der Waals surface area (Å²) in [5, 5.41) is 26.4. The van der Waals surface area contributed by atoms with Gasteiger partial charge in [0, 0.05) is 37.1 Å². The van der Waals surface area contributed by atoms with E-state index in [4.69, 9.17) is 19.5 Å². The monoisotopic (exact) mass is 919 g/mol. The van der Waals surface area contributed by atoms with Crippen molar-refractivity contribution in [3.05, 3.63) is 24.8 Å². The molecule has 2 amide bonds. The summed E-state index contributed by atoms with van der Waals surface area (Å²) in [4.78, 5) is 87.7. The smallest absolute Gasteiger partial charge is 0.386 e. The van der Waals surface area contributed by atoms with Gasteiger partial charge in [0.1, 0.15) is 36.3 Å². The van der Waals surface area contributed by atoms with Crippen molar-refractivity contribution >= 4 is 69.1 Å². The van der Waals surface area contributed by atoms with Crippen LogP contribution in [0.25, 0.3) is 11.2 Å². The molecule has 3 rings (SSSR count). The van der Waals surface area contributed by atoms with Crippen LogP contribution in [0.1, 0.15) is 71.9 Å². The molecule has 1 aliphatic rings. The second kappa shape index (κ2) is 22.9.